The van der Waals surface area contributed by atoms with E-state index in [9.17, 15) is 5.11 Å². The lowest BCUT2D eigenvalue weighted by Crippen LogP contribution is -2.42. The smallest absolute Gasteiger partial charge is 0.0897 e. The minimum absolute atomic E-state index is 0.0214. The van der Waals surface area contributed by atoms with E-state index in [1.165, 1.54) is 0 Å². The van der Waals surface area contributed by atoms with Crippen LogP contribution in [0.25, 0.3) is 0 Å². The molecule has 2 unspecified atom stereocenters. The van der Waals surface area contributed by atoms with Gasteiger partial charge in [0.05, 0.1) is 32.5 Å². The molecule has 3 N–H and O–H groups in total. The van der Waals surface area contributed by atoms with Crippen molar-refractivity contribution in [3.63, 3.8) is 0 Å². The molecule has 0 heterocycles. The van der Waals surface area contributed by atoms with Crippen molar-refractivity contribution < 1.29 is 19.7 Å². The Labute approximate surface area is 104 Å². The van der Waals surface area contributed by atoms with Crippen LogP contribution in [0.1, 0.15) is 20.8 Å². The van der Waals surface area contributed by atoms with Gasteiger partial charge in [-0.1, -0.05) is 13.8 Å². The van der Waals surface area contributed by atoms with Gasteiger partial charge in [0.15, 0.2) is 0 Å². The van der Waals surface area contributed by atoms with E-state index in [0.29, 0.717) is 32.3 Å². The van der Waals surface area contributed by atoms with Crippen LogP contribution in [0.5, 0.6) is 0 Å². The Morgan fingerprint density at radius 2 is 1.82 bits per heavy atom. The predicted octanol–water partition coefficient (Wildman–Crippen LogP) is 0.00690. The molecule has 0 spiro atoms. The molecule has 0 aliphatic carbocycles. The number of nitrogens with one attached hydrogen (secondary N) is 1. The zero-order chi connectivity index (χ0) is 13.1. The normalized spacial score (nSPS) is 15.2. The Balaban J connectivity index is 3.48. The van der Waals surface area contributed by atoms with Crippen molar-refractivity contribution in [1.29, 1.82) is 0 Å². The van der Waals surface area contributed by atoms with Crippen molar-refractivity contribution in [2.75, 3.05) is 39.6 Å². The van der Waals surface area contributed by atoms with Gasteiger partial charge in [-0.05, 0) is 12.8 Å². The molecule has 0 saturated carbocycles. The van der Waals surface area contributed by atoms with Crippen LogP contribution < -0.4 is 5.32 Å². The molecule has 5 heteroatoms. The molecule has 5 nitrogen and oxygen atoms in total. The first-order valence-electron chi connectivity index (χ1n) is 6.29. The van der Waals surface area contributed by atoms with Crippen LogP contribution in [0.3, 0.4) is 0 Å². The van der Waals surface area contributed by atoms with Crippen molar-refractivity contribution in [3.8, 4) is 0 Å². The van der Waals surface area contributed by atoms with E-state index < -0.39 is 6.10 Å². The van der Waals surface area contributed by atoms with Crippen molar-refractivity contribution in [2.45, 2.75) is 32.9 Å². The Hall–Kier alpha value is -0.200. The van der Waals surface area contributed by atoms with Crippen molar-refractivity contribution >= 4 is 0 Å². The van der Waals surface area contributed by atoms with Crippen molar-refractivity contribution in [3.05, 3.63) is 0 Å². The largest absolute Gasteiger partial charge is 0.395 e. The molecule has 0 rings (SSSR count). The SMILES string of the molecule is CCOCCOCC(O)CNC(CO)C(C)C. The molecule has 0 saturated heterocycles. The lowest BCUT2D eigenvalue weighted by Gasteiger charge is -2.21. The maximum Gasteiger partial charge on any atom is 0.0897 e. The summed E-state index contributed by atoms with van der Waals surface area (Å²) in [5.41, 5.74) is 0. The second-order valence-electron chi connectivity index (χ2n) is 4.37. The van der Waals surface area contributed by atoms with Crippen LogP contribution in [0.4, 0.5) is 0 Å². The maximum absolute atomic E-state index is 9.62. The first kappa shape index (κ1) is 16.8. The van der Waals surface area contributed by atoms with Crippen LogP contribution in [-0.4, -0.2) is 61.9 Å². The summed E-state index contributed by atoms with van der Waals surface area (Å²) in [6.45, 7) is 8.52. The van der Waals surface area contributed by atoms with Gasteiger partial charge in [-0.2, -0.15) is 0 Å². The molecular weight excluding hydrogens is 222 g/mol. The molecule has 2 atom stereocenters. The number of ether oxygens (including phenoxy) is 2. The molecule has 0 aliphatic rings. The standard InChI is InChI=1S/C12H27NO4/c1-4-16-5-6-17-9-11(15)7-13-12(8-14)10(2)3/h10-15H,4-9H2,1-3H3. The van der Waals surface area contributed by atoms with E-state index in [2.05, 4.69) is 5.32 Å². The van der Waals surface area contributed by atoms with Crippen LogP contribution in [-0.2, 0) is 9.47 Å². The van der Waals surface area contributed by atoms with Gasteiger partial charge in [0.2, 0.25) is 0 Å². The van der Waals surface area contributed by atoms with Crippen LogP contribution >= 0.6 is 0 Å². The van der Waals surface area contributed by atoms with Gasteiger partial charge < -0.3 is 25.0 Å². The van der Waals surface area contributed by atoms with Crippen LogP contribution in [0.15, 0.2) is 0 Å². The van der Waals surface area contributed by atoms with Gasteiger partial charge in [-0.3, -0.25) is 0 Å². The molecule has 104 valence electrons. The van der Waals surface area contributed by atoms with Gasteiger partial charge in [0.1, 0.15) is 0 Å². The van der Waals surface area contributed by atoms with Gasteiger partial charge in [0, 0.05) is 19.2 Å². The zero-order valence-corrected chi connectivity index (χ0v) is 11.2. The fourth-order valence-electron chi connectivity index (χ4n) is 1.34. The quantitative estimate of drug-likeness (QED) is 0.450. The summed E-state index contributed by atoms with van der Waals surface area (Å²) < 4.78 is 10.4. The summed E-state index contributed by atoms with van der Waals surface area (Å²) in [5, 5.41) is 21.8. The van der Waals surface area contributed by atoms with E-state index in [1.54, 1.807) is 0 Å². The average molecular weight is 249 g/mol. The van der Waals surface area contributed by atoms with Gasteiger partial charge in [-0.25, -0.2) is 0 Å². The highest BCUT2D eigenvalue weighted by Gasteiger charge is 2.13. The molecule has 0 aromatic carbocycles. The minimum Gasteiger partial charge on any atom is -0.395 e. The van der Waals surface area contributed by atoms with E-state index >= 15 is 0 Å². The molecule has 0 aromatic rings. The summed E-state index contributed by atoms with van der Waals surface area (Å²) in [7, 11) is 0. The number of rotatable bonds is 11. The Bertz CT molecular complexity index is 167. The molecule has 17 heavy (non-hydrogen) atoms. The Morgan fingerprint density at radius 1 is 1.18 bits per heavy atom. The maximum atomic E-state index is 9.62. The van der Waals surface area contributed by atoms with Gasteiger partial charge >= 0.3 is 0 Å². The molecule has 0 aromatic heterocycles. The first-order valence-corrected chi connectivity index (χ1v) is 6.29. The lowest BCUT2D eigenvalue weighted by atomic mass is 10.1. The minimum atomic E-state index is -0.551. The number of aliphatic hydroxyl groups is 2. The fraction of sp³-hybridized carbons (Fsp3) is 1.00. The first-order chi connectivity index (χ1) is 8.11. The second kappa shape index (κ2) is 10.9. The number of hydrogen-bond acceptors (Lipinski definition) is 5. The highest BCUT2D eigenvalue weighted by atomic mass is 16.5. The number of aliphatic hydroxyl groups excluding tert-OH is 2. The van der Waals surface area contributed by atoms with Gasteiger partial charge in [-0.15, -0.1) is 0 Å². The molecule has 0 bridgehead atoms. The van der Waals surface area contributed by atoms with Crippen LogP contribution in [0.2, 0.25) is 0 Å². The molecule has 0 fully saturated rings. The third-order valence-corrected chi connectivity index (χ3v) is 2.50. The van der Waals surface area contributed by atoms with Crippen molar-refractivity contribution in [1.82, 2.24) is 5.32 Å². The fourth-order valence-corrected chi connectivity index (χ4v) is 1.34. The summed E-state index contributed by atoms with van der Waals surface area (Å²) in [4.78, 5) is 0. The highest BCUT2D eigenvalue weighted by molar-refractivity contribution is 4.71. The monoisotopic (exact) mass is 249 g/mol. The highest BCUT2D eigenvalue weighted by Crippen LogP contribution is 2.00. The van der Waals surface area contributed by atoms with E-state index in [-0.39, 0.29) is 19.3 Å². The van der Waals surface area contributed by atoms with E-state index in [0.717, 1.165) is 0 Å². The second-order valence-corrected chi connectivity index (χ2v) is 4.37. The topological polar surface area (TPSA) is 71.0 Å². The van der Waals surface area contributed by atoms with E-state index in [1.807, 2.05) is 20.8 Å². The lowest BCUT2D eigenvalue weighted by molar-refractivity contribution is 0.00459. The Morgan fingerprint density at radius 3 is 2.35 bits per heavy atom. The Kier molecular flexibility index (Phi) is 10.8. The summed E-state index contributed by atoms with van der Waals surface area (Å²) in [6, 6.07) is 0.0214. The molecule has 0 aliphatic heterocycles. The third-order valence-electron chi connectivity index (χ3n) is 2.50. The molecule has 0 radical (unpaired) electrons. The summed E-state index contributed by atoms with van der Waals surface area (Å²) in [5.74, 6) is 0.339. The summed E-state index contributed by atoms with van der Waals surface area (Å²) >= 11 is 0. The zero-order valence-electron chi connectivity index (χ0n) is 11.2. The summed E-state index contributed by atoms with van der Waals surface area (Å²) in [6.07, 6.45) is -0.551. The molecular formula is C12H27NO4. The number of hydrogen-bond donors (Lipinski definition) is 3. The molecule has 0 amide bonds. The van der Waals surface area contributed by atoms with Crippen LogP contribution in [0, 0.1) is 5.92 Å². The van der Waals surface area contributed by atoms with Crippen molar-refractivity contribution in [2.24, 2.45) is 5.92 Å². The van der Waals surface area contributed by atoms with Gasteiger partial charge in [0.25, 0.3) is 0 Å². The predicted molar refractivity (Wildman–Crippen MR) is 67.0 cm³/mol. The third kappa shape index (κ3) is 9.50. The average Bonchev–Trinajstić information content (AvgIpc) is 2.29. The van der Waals surface area contributed by atoms with E-state index in [4.69, 9.17) is 14.6 Å².